The third-order valence-corrected chi connectivity index (χ3v) is 3.20. The highest BCUT2D eigenvalue weighted by Gasteiger charge is 2.44. The summed E-state index contributed by atoms with van der Waals surface area (Å²) in [5, 5.41) is 0. The van der Waals surface area contributed by atoms with Crippen molar-refractivity contribution in [2.45, 2.75) is 85.6 Å². The van der Waals surface area contributed by atoms with Crippen LogP contribution in [0.15, 0.2) is 0 Å². The van der Waals surface area contributed by atoms with Crippen LogP contribution in [0.4, 0.5) is 0 Å². The van der Waals surface area contributed by atoms with Gasteiger partial charge in [0.15, 0.2) is 0 Å². The van der Waals surface area contributed by atoms with Crippen molar-refractivity contribution >= 4 is 0 Å². The van der Waals surface area contributed by atoms with Crippen molar-refractivity contribution in [3.8, 4) is 0 Å². The van der Waals surface area contributed by atoms with Gasteiger partial charge < -0.3 is 4.90 Å². The molecule has 1 aliphatic carbocycles. The lowest BCUT2D eigenvalue weighted by atomic mass is 10.1. The highest BCUT2D eigenvalue weighted by molar-refractivity contribution is 5.01. The summed E-state index contributed by atoms with van der Waals surface area (Å²) in [6.45, 7) is 13.9. The van der Waals surface area contributed by atoms with E-state index < -0.39 is 0 Å². The van der Waals surface area contributed by atoms with Crippen LogP contribution in [-0.4, -0.2) is 24.0 Å². The first-order valence-electron chi connectivity index (χ1n) is 7.46. The quantitative estimate of drug-likeness (QED) is 0.612. The summed E-state index contributed by atoms with van der Waals surface area (Å²) >= 11 is 0. The first-order chi connectivity index (χ1) is 7.75. The summed E-state index contributed by atoms with van der Waals surface area (Å²) in [5.41, 5.74) is 0.643. The van der Waals surface area contributed by atoms with Crippen molar-refractivity contribution in [2.24, 2.45) is 0 Å². The van der Waals surface area contributed by atoms with Crippen molar-refractivity contribution < 1.29 is 0 Å². The number of hydrogen-bond acceptors (Lipinski definition) is 1. The van der Waals surface area contributed by atoms with E-state index in [-0.39, 0.29) is 0 Å². The fraction of sp³-hybridized carbons (Fsp3) is 1.00. The van der Waals surface area contributed by atoms with Gasteiger partial charge in [0.25, 0.3) is 0 Å². The molecule has 0 unspecified atom stereocenters. The average Bonchev–Trinajstić information content (AvgIpc) is 3.13. The van der Waals surface area contributed by atoms with Crippen LogP contribution in [0, 0.1) is 0 Å². The van der Waals surface area contributed by atoms with E-state index in [4.69, 9.17) is 0 Å². The molecule has 0 aromatic rings. The third-order valence-electron chi connectivity index (χ3n) is 3.20. The van der Waals surface area contributed by atoms with Crippen molar-refractivity contribution in [2.75, 3.05) is 13.6 Å². The second kappa shape index (κ2) is 11.4. The molecule has 0 N–H and O–H groups in total. The minimum atomic E-state index is 0.643. The Morgan fingerprint density at radius 3 is 1.75 bits per heavy atom. The second-order valence-corrected chi connectivity index (χ2v) is 4.25. The van der Waals surface area contributed by atoms with Crippen LogP contribution >= 0.6 is 0 Å². The molecule has 0 bridgehead atoms. The Labute approximate surface area is 105 Å². The monoisotopic (exact) mass is 229 g/mol. The van der Waals surface area contributed by atoms with Gasteiger partial charge in [0.05, 0.1) is 0 Å². The maximum atomic E-state index is 2.60. The van der Waals surface area contributed by atoms with Crippen LogP contribution < -0.4 is 0 Å². The van der Waals surface area contributed by atoms with Gasteiger partial charge in [-0.05, 0) is 39.3 Å². The SMILES string of the molecule is CC.CC.CCCCN(C)C1(CCC)CC1. The van der Waals surface area contributed by atoms with Crippen LogP contribution in [0.2, 0.25) is 0 Å². The van der Waals surface area contributed by atoms with Gasteiger partial charge in [0.2, 0.25) is 0 Å². The molecule has 1 aliphatic rings. The Morgan fingerprint density at radius 2 is 1.44 bits per heavy atom. The summed E-state index contributed by atoms with van der Waals surface area (Å²) in [7, 11) is 2.30. The lowest BCUT2D eigenvalue weighted by molar-refractivity contribution is 0.205. The van der Waals surface area contributed by atoms with Gasteiger partial charge >= 0.3 is 0 Å². The molecular formula is C15H35N. The smallest absolute Gasteiger partial charge is 0.0207 e. The Kier molecular flexibility index (Phi) is 13.1. The first-order valence-corrected chi connectivity index (χ1v) is 7.46. The molecule has 16 heavy (non-hydrogen) atoms. The van der Waals surface area contributed by atoms with Crippen molar-refractivity contribution in [1.82, 2.24) is 4.90 Å². The Bertz CT molecular complexity index is 127. The van der Waals surface area contributed by atoms with Crippen LogP contribution in [0.5, 0.6) is 0 Å². The average molecular weight is 229 g/mol. The van der Waals surface area contributed by atoms with Crippen molar-refractivity contribution in [3.63, 3.8) is 0 Å². The number of rotatable bonds is 6. The zero-order chi connectivity index (χ0) is 13.0. The van der Waals surface area contributed by atoms with Crippen molar-refractivity contribution in [1.29, 1.82) is 0 Å². The normalized spacial score (nSPS) is 15.8. The van der Waals surface area contributed by atoms with Gasteiger partial charge in [0, 0.05) is 5.54 Å². The molecule has 1 fully saturated rings. The van der Waals surface area contributed by atoms with Gasteiger partial charge in [-0.2, -0.15) is 0 Å². The molecule has 0 atom stereocenters. The predicted octanol–water partition coefficient (Wildman–Crippen LogP) is 5.10. The van der Waals surface area contributed by atoms with Gasteiger partial charge in [0.1, 0.15) is 0 Å². The molecule has 1 nitrogen and oxygen atoms in total. The molecule has 1 saturated carbocycles. The standard InChI is InChI=1S/C11H23N.2C2H6/c1-4-6-10-12(3)11(7-5-2)8-9-11;2*1-2/h4-10H2,1-3H3;2*1-2H3. The summed E-state index contributed by atoms with van der Waals surface area (Å²) < 4.78 is 0. The Hall–Kier alpha value is -0.0400. The lowest BCUT2D eigenvalue weighted by Gasteiger charge is -2.27. The molecule has 0 aliphatic heterocycles. The molecule has 1 heteroatoms. The fourth-order valence-corrected chi connectivity index (χ4v) is 2.06. The summed E-state index contributed by atoms with van der Waals surface area (Å²) in [6.07, 6.45) is 8.33. The van der Waals surface area contributed by atoms with Gasteiger partial charge in [-0.1, -0.05) is 54.4 Å². The topological polar surface area (TPSA) is 3.24 Å². The van der Waals surface area contributed by atoms with Crippen molar-refractivity contribution in [3.05, 3.63) is 0 Å². The van der Waals surface area contributed by atoms with E-state index >= 15 is 0 Å². The third kappa shape index (κ3) is 6.52. The Morgan fingerprint density at radius 1 is 0.938 bits per heavy atom. The first kappa shape index (κ1) is 18.3. The van der Waals surface area contributed by atoms with E-state index in [1.54, 1.807) is 0 Å². The molecule has 0 spiro atoms. The number of unbranched alkanes of at least 4 members (excludes halogenated alkanes) is 1. The zero-order valence-electron chi connectivity index (χ0n) is 12.9. The summed E-state index contributed by atoms with van der Waals surface area (Å²) in [6, 6.07) is 0. The molecule has 100 valence electrons. The minimum Gasteiger partial charge on any atom is -0.301 e. The van der Waals surface area contributed by atoms with Crippen LogP contribution in [0.1, 0.15) is 80.1 Å². The molecule has 0 aromatic heterocycles. The summed E-state index contributed by atoms with van der Waals surface area (Å²) in [4.78, 5) is 2.60. The second-order valence-electron chi connectivity index (χ2n) is 4.25. The minimum absolute atomic E-state index is 0.643. The molecule has 0 heterocycles. The molecular weight excluding hydrogens is 194 g/mol. The molecule has 0 saturated heterocycles. The highest BCUT2D eigenvalue weighted by atomic mass is 15.2. The predicted molar refractivity (Wildman–Crippen MR) is 77.1 cm³/mol. The summed E-state index contributed by atoms with van der Waals surface area (Å²) in [5.74, 6) is 0. The molecule has 0 radical (unpaired) electrons. The van der Waals surface area contributed by atoms with Crippen LogP contribution in [0.3, 0.4) is 0 Å². The number of hydrogen-bond donors (Lipinski definition) is 0. The maximum absolute atomic E-state index is 2.60. The lowest BCUT2D eigenvalue weighted by Crippen LogP contribution is -2.34. The van der Waals surface area contributed by atoms with Crippen LogP contribution in [0.25, 0.3) is 0 Å². The molecule has 1 rings (SSSR count). The Balaban J connectivity index is 0. The van der Waals surface area contributed by atoms with E-state index in [0.717, 1.165) is 0 Å². The van der Waals surface area contributed by atoms with Gasteiger partial charge in [-0.25, -0.2) is 0 Å². The van der Waals surface area contributed by atoms with Crippen LogP contribution in [-0.2, 0) is 0 Å². The zero-order valence-corrected chi connectivity index (χ0v) is 12.9. The highest BCUT2D eigenvalue weighted by Crippen LogP contribution is 2.44. The van der Waals surface area contributed by atoms with Gasteiger partial charge in [-0.15, -0.1) is 0 Å². The largest absolute Gasteiger partial charge is 0.301 e. The van der Waals surface area contributed by atoms with E-state index in [0.29, 0.717) is 5.54 Å². The van der Waals surface area contributed by atoms with E-state index in [9.17, 15) is 0 Å². The van der Waals surface area contributed by atoms with E-state index in [2.05, 4.69) is 25.8 Å². The maximum Gasteiger partial charge on any atom is 0.0207 e. The van der Waals surface area contributed by atoms with E-state index in [1.807, 2.05) is 27.7 Å². The molecule has 0 amide bonds. The van der Waals surface area contributed by atoms with E-state index in [1.165, 1.54) is 45.1 Å². The number of nitrogens with zero attached hydrogens (tertiary/aromatic N) is 1. The van der Waals surface area contributed by atoms with Gasteiger partial charge in [-0.3, -0.25) is 0 Å². The molecule has 0 aromatic carbocycles. The fourth-order valence-electron chi connectivity index (χ4n) is 2.06.